The lowest BCUT2D eigenvalue weighted by Crippen LogP contribution is -2.43. The molecule has 4 rings (SSSR count). The Kier molecular flexibility index (Phi) is 7.21. The van der Waals surface area contributed by atoms with Crippen molar-refractivity contribution in [2.45, 2.75) is 26.7 Å². The SMILES string of the molecule is CCOC(=O)C1(C(=O)OCC)Cc2c(O)c(C=O)c(-c3ccccc3)c(C#Cc3ccccc3)c2C1. The molecule has 0 unspecified atom stereocenters. The van der Waals surface area contributed by atoms with Gasteiger partial charge >= 0.3 is 11.9 Å². The van der Waals surface area contributed by atoms with Crippen molar-refractivity contribution in [1.82, 2.24) is 0 Å². The van der Waals surface area contributed by atoms with Crippen molar-refractivity contribution in [2.24, 2.45) is 5.41 Å². The number of esters is 2. The number of aromatic hydroxyl groups is 1. The number of hydrogen-bond acceptors (Lipinski definition) is 6. The molecule has 182 valence electrons. The Balaban J connectivity index is 2.02. The Morgan fingerprint density at radius 1 is 0.889 bits per heavy atom. The number of aldehydes is 1. The summed E-state index contributed by atoms with van der Waals surface area (Å²) in [5.41, 5.74) is 1.61. The van der Waals surface area contributed by atoms with Gasteiger partial charge in [-0.05, 0) is 37.1 Å². The molecule has 3 aromatic carbocycles. The second-order valence-corrected chi connectivity index (χ2v) is 8.45. The summed E-state index contributed by atoms with van der Waals surface area (Å²) in [7, 11) is 0. The molecule has 6 heteroatoms. The van der Waals surface area contributed by atoms with Crippen LogP contribution in [0.4, 0.5) is 0 Å². The molecular weight excluding hydrogens is 456 g/mol. The molecule has 0 amide bonds. The molecule has 0 radical (unpaired) electrons. The van der Waals surface area contributed by atoms with Gasteiger partial charge in [0, 0.05) is 35.1 Å². The maximum Gasteiger partial charge on any atom is 0.324 e. The quantitative estimate of drug-likeness (QED) is 0.241. The number of phenolic OH excluding ortho intramolecular Hbond substituents is 1. The number of ether oxygens (including phenoxy) is 2. The summed E-state index contributed by atoms with van der Waals surface area (Å²) in [6, 6.07) is 18.5. The molecule has 0 saturated heterocycles. The first kappa shape index (κ1) is 24.7. The molecule has 36 heavy (non-hydrogen) atoms. The van der Waals surface area contributed by atoms with E-state index in [1.54, 1.807) is 13.8 Å². The lowest BCUT2D eigenvalue weighted by molar-refractivity contribution is -0.171. The van der Waals surface area contributed by atoms with Crippen LogP contribution < -0.4 is 0 Å². The second-order valence-electron chi connectivity index (χ2n) is 8.45. The van der Waals surface area contributed by atoms with Crippen molar-refractivity contribution >= 4 is 18.2 Å². The van der Waals surface area contributed by atoms with Crippen LogP contribution in [0.1, 0.15) is 46.5 Å². The van der Waals surface area contributed by atoms with E-state index in [0.29, 0.717) is 34.1 Å². The van der Waals surface area contributed by atoms with Crippen molar-refractivity contribution in [3.8, 4) is 28.7 Å². The Morgan fingerprint density at radius 2 is 1.44 bits per heavy atom. The third kappa shape index (κ3) is 4.36. The van der Waals surface area contributed by atoms with Crippen molar-refractivity contribution < 1.29 is 29.0 Å². The van der Waals surface area contributed by atoms with Crippen LogP contribution in [-0.4, -0.2) is 36.5 Å². The van der Waals surface area contributed by atoms with E-state index in [4.69, 9.17) is 9.47 Å². The van der Waals surface area contributed by atoms with E-state index in [1.165, 1.54) is 0 Å². The smallest absolute Gasteiger partial charge is 0.324 e. The maximum atomic E-state index is 13.2. The predicted molar refractivity (Wildman–Crippen MR) is 134 cm³/mol. The zero-order valence-corrected chi connectivity index (χ0v) is 20.2. The zero-order valence-electron chi connectivity index (χ0n) is 20.2. The minimum Gasteiger partial charge on any atom is -0.507 e. The lowest BCUT2D eigenvalue weighted by atomic mass is 9.84. The molecule has 3 aromatic rings. The Bertz CT molecular complexity index is 1350. The Labute approximate surface area is 209 Å². The number of benzene rings is 3. The van der Waals surface area contributed by atoms with E-state index in [1.807, 2.05) is 60.7 Å². The van der Waals surface area contributed by atoms with Gasteiger partial charge in [-0.1, -0.05) is 60.4 Å². The van der Waals surface area contributed by atoms with E-state index in [2.05, 4.69) is 11.8 Å². The molecule has 0 bridgehead atoms. The monoisotopic (exact) mass is 482 g/mol. The first-order valence-corrected chi connectivity index (χ1v) is 11.8. The molecule has 0 fully saturated rings. The molecule has 1 aliphatic carbocycles. The van der Waals surface area contributed by atoms with Crippen LogP contribution in [0.3, 0.4) is 0 Å². The molecule has 1 N–H and O–H groups in total. The summed E-state index contributed by atoms with van der Waals surface area (Å²) < 4.78 is 10.6. The molecule has 0 aromatic heterocycles. The molecule has 0 saturated carbocycles. The van der Waals surface area contributed by atoms with Crippen LogP contribution in [0.2, 0.25) is 0 Å². The number of hydrogen-bond donors (Lipinski definition) is 1. The average molecular weight is 483 g/mol. The van der Waals surface area contributed by atoms with Crippen molar-refractivity contribution in [3.63, 3.8) is 0 Å². The topological polar surface area (TPSA) is 89.9 Å². The Hall–Kier alpha value is -4.37. The molecule has 0 heterocycles. The van der Waals surface area contributed by atoms with E-state index in [-0.39, 0.29) is 37.4 Å². The van der Waals surface area contributed by atoms with Gasteiger partial charge in [0.05, 0.1) is 18.8 Å². The van der Waals surface area contributed by atoms with Crippen molar-refractivity contribution in [2.75, 3.05) is 13.2 Å². The lowest BCUT2D eigenvalue weighted by Gasteiger charge is -2.24. The summed E-state index contributed by atoms with van der Waals surface area (Å²) in [6.07, 6.45) is 0.369. The number of rotatable bonds is 6. The maximum absolute atomic E-state index is 13.2. The molecule has 0 aliphatic heterocycles. The van der Waals surface area contributed by atoms with Crippen LogP contribution in [0.5, 0.6) is 5.75 Å². The highest BCUT2D eigenvalue weighted by Crippen LogP contribution is 2.48. The first-order chi connectivity index (χ1) is 17.5. The van der Waals surface area contributed by atoms with Crippen molar-refractivity contribution in [1.29, 1.82) is 0 Å². The van der Waals surface area contributed by atoms with Crippen LogP contribution in [0.15, 0.2) is 60.7 Å². The van der Waals surface area contributed by atoms with E-state index >= 15 is 0 Å². The van der Waals surface area contributed by atoms with Crippen molar-refractivity contribution in [3.05, 3.63) is 88.5 Å². The highest BCUT2D eigenvalue weighted by Gasteiger charge is 2.55. The van der Waals surface area contributed by atoms with Gasteiger partial charge in [0.25, 0.3) is 0 Å². The fourth-order valence-electron chi connectivity index (χ4n) is 4.64. The van der Waals surface area contributed by atoms with Gasteiger partial charge in [0.1, 0.15) is 5.75 Å². The standard InChI is InChI=1S/C30H26O6/c1-3-35-28(33)30(29(34)36-4-2)17-23-22(16-15-20-11-7-5-8-12-20)26(21-13-9-6-10-14-21)25(19-31)27(32)24(23)18-30/h5-14,19,32H,3-4,17-18H2,1-2H3. The summed E-state index contributed by atoms with van der Waals surface area (Å²) >= 11 is 0. The minimum absolute atomic E-state index is 0.0563. The predicted octanol–water partition coefficient (Wildman–Crippen LogP) is 4.48. The summed E-state index contributed by atoms with van der Waals surface area (Å²) in [6.45, 7) is 3.48. The molecule has 0 atom stereocenters. The first-order valence-electron chi connectivity index (χ1n) is 11.8. The average Bonchev–Trinajstić information content (AvgIpc) is 3.32. The highest BCUT2D eigenvalue weighted by molar-refractivity contribution is 6.03. The fourth-order valence-corrected chi connectivity index (χ4v) is 4.64. The van der Waals surface area contributed by atoms with E-state index < -0.39 is 17.4 Å². The number of carbonyl (C=O) groups excluding carboxylic acids is 3. The van der Waals surface area contributed by atoms with Crippen LogP contribution in [-0.2, 0) is 31.9 Å². The molecule has 6 nitrogen and oxygen atoms in total. The second kappa shape index (κ2) is 10.5. The van der Waals surface area contributed by atoms with Crippen LogP contribution >= 0.6 is 0 Å². The van der Waals surface area contributed by atoms with Gasteiger partial charge in [-0.15, -0.1) is 0 Å². The highest BCUT2D eigenvalue weighted by atomic mass is 16.6. The van der Waals surface area contributed by atoms with E-state index in [0.717, 1.165) is 5.56 Å². The van der Waals surface area contributed by atoms with Crippen LogP contribution in [0, 0.1) is 17.3 Å². The molecular formula is C30H26O6. The van der Waals surface area contributed by atoms with Crippen LogP contribution in [0.25, 0.3) is 11.1 Å². The zero-order chi connectivity index (χ0) is 25.7. The third-order valence-corrected chi connectivity index (χ3v) is 6.30. The molecule has 0 spiro atoms. The van der Waals surface area contributed by atoms with Gasteiger partial charge < -0.3 is 14.6 Å². The molecule has 1 aliphatic rings. The van der Waals surface area contributed by atoms with Gasteiger partial charge in [0.15, 0.2) is 11.7 Å². The number of carbonyl (C=O) groups is 3. The Morgan fingerprint density at radius 3 is 2.00 bits per heavy atom. The van der Waals surface area contributed by atoms with Gasteiger partial charge in [-0.25, -0.2) is 0 Å². The van der Waals surface area contributed by atoms with E-state index in [9.17, 15) is 19.5 Å². The normalized spacial score (nSPS) is 13.2. The summed E-state index contributed by atoms with van der Waals surface area (Å²) in [5.74, 6) is 4.60. The van der Waals surface area contributed by atoms with Gasteiger partial charge in [0.2, 0.25) is 0 Å². The number of phenols is 1. The third-order valence-electron chi connectivity index (χ3n) is 6.30. The fraction of sp³-hybridized carbons (Fsp3) is 0.233. The summed E-state index contributed by atoms with van der Waals surface area (Å²) in [5, 5.41) is 11.2. The minimum atomic E-state index is -1.68. The number of fused-ring (bicyclic) bond motifs is 1. The largest absolute Gasteiger partial charge is 0.507 e. The van der Waals surface area contributed by atoms with Gasteiger partial charge in [-0.3, -0.25) is 14.4 Å². The summed E-state index contributed by atoms with van der Waals surface area (Å²) in [4.78, 5) is 38.6. The van der Waals surface area contributed by atoms with Gasteiger partial charge in [-0.2, -0.15) is 0 Å².